The Morgan fingerprint density at radius 1 is 1.42 bits per heavy atom. The van der Waals surface area contributed by atoms with Crippen molar-refractivity contribution in [3.05, 3.63) is 59.3 Å². The Bertz CT molecular complexity index is 715. The second kappa shape index (κ2) is 7.15. The van der Waals surface area contributed by atoms with Gasteiger partial charge in [0.25, 0.3) is 0 Å². The Labute approximate surface area is 139 Å². The first kappa shape index (κ1) is 16.7. The highest BCUT2D eigenvalue weighted by Gasteiger charge is 2.31. The number of ether oxygens (including phenoxy) is 1. The zero-order valence-electron chi connectivity index (χ0n) is 13.4. The van der Waals surface area contributed by atoms with E-state index in [-0.39, 0.29) is 18.4 Å². The molecule has 6 heteroatoms. The first-order chi connectivity index (χ1) is 11.5. The second-order valence-electron chi connectivity index (χ2n) is 5.90. The summed E-state index contributed by atoms with van der Waals surface area (Å²) in [6.07, 6.45) is -1.16. The van der Waals surface area contributed by atoms with E-state index in [4.69, 9.17) is 9.15 Å². The molecular formula is C18H20FNO4. The maximum absolute atomic E-state index is 13.3. The molecule has 24 heavy (non-hydrogen) atoms. The molecule has 2 unspecified atom stereocenters. The van der Waals surface area contributed by atoms with Gasteiger partial charge < -0.3 is 19.2 Å². The van der Waals surface area contributed by atoms with Crippen LogP contribution >= 0.6 is 0 Å². The number of hydrogen-bond acceptors (Lipinski definition) is 4. The Kier molecular flexibility index (Phi) is 4.97. The largest absolute Gasteiger partial charge is 0.464 e. The standard InChI is InChI=1S/C18H20FNO4/c1-12-5-6-17(24-12)15-11-23-8-7-20(15)18(22)10-16(21)13-3-2-4-14(19)9-13/h2-6,9,15-16,21H,7-8,10-11H2,1H3. The number of halogens is 1. The first-order valence-corrected chi connectivity index (χ1v) is 7.91. The molecular weight excluding hydrogens is 313 g/mol. The van der Waals surface area contributed by atoms with Crippen molar-refractivity contribution in [2.75, 3.05) is 19.8 Å². The fraction of sp³-hybridized carbons (Fsp3) is 0.389. The van der Waals surface area contributed by atoms with Gasteiger partial charge in [-0.05, 0) is 36.8 Å². The second-order valence-corrected chi connectivity index (χ2v) is 5.90. The smallest absolute Gasteiger partial charge is 0.226 e. The molecule has 0 bridgehead atoms. The molecule has 2 aromatic rings. The normalized spacial score (nSPS) is 19.3. The van der Waals surface area contributed by atoms with Crippen molar-refractivity contribution < 1.29 is 23.4 Å². The van der Waals surface area contributed by atoms with Gasteiger partial charge in [-0.1, -0.05) is 12.1 Å². The van der Waals surface area contributed by atoms with Gasteiger partial charge in [0.15, 0.2) is 0 Å². The lowest BCUT2D eigenvalue weighted by Gasteiger charge is -2.35. The van der Waals surface area contributed by atoms with E-state index in [2.05, 4.69) is 0 Å². The SMILES string of the molecule is Cc1ccc(C2COCCN2C(=O)CC(O)c2cccc(F)c2)o1. The van der Waals surface area contributed by atoms with Crippen molar-refractivity contribution in [3.63, 3.8) is 0 Å². The van der Waals surface area contributed by atoms with Gasteiger partial charge in [0, 0.05) is 6.54 Å². The molecule has 2 atom stereocenters. The van der Waals surface area contributed by atoms with Gasteiger partial charge in [-0.3, -0.25) is 4.79 Å². The monoisotopic (exact) mass is 333 g/mol. The fourth-order valence-corrected chi connectivity index (χ4v) is 2.88. The van der Waals surface area contributed by atoms with Gasteiger partial charge >= 0.3 is 0 Å². The lowest BCUT2D eigenvalue weighted by molar-refractivity contribution is -0.143. The van der Waals surface area contributed by atoms with Crippen LogP contribution in [0.25, 0.3) is 0 Å². The number of nitrogens with zero attached hydrogens (tertiary/aromatic N) is 1. The van der Waals surface area contributed by atoms with Gasteiger partial charge in [0.1, 0.15) is 23.4 Å². The van der Waals surface area contributed by atoms with Crippen LogP contribution in [0.4, 0.5) is 4.39 Å². The number of carbonyl (C=O) groups is 1. The predicted octanol–water partition coefficient (Wildman–Crippen LogP) is 2.75. The van der Waals surface area contributed by atoms with E-state index < -0.39 is 11.9 Å². The Balaban J connectivity index is 1.72. The van der Waals surface area contributed by atoms with Crippen LogP contribution in [-0.4, -0.2) is 35.7 Å². The number of aliphatic hydroxyl groups is 1. The maximum atomic E-state index is 13.3. The van der Waals surface area contributed by atoms with E-state index in [9.17, 15) is 14.3 Å². The van der Waals surface area contributed by atoms with E-state index in [1.807, 2.05) is 19.1 Å². The van der Waals surface area contributed by atoms with E-state index in [1.165, 1.54) is 18.2 Å². The molecule has 1 aromatic heterocycles. The fourth-order valence-electron chi connectivity index (χ4n) is 2.88. The summed E-state index contributed by atoms with van der Waals surface area (Å²) in [6, 6.07) is 9.03. The maximum Gasteiger partial charge on any atom is 0.226 e. The number of aryl methyl sites for hydroxylation is 1. The van der Waals surface area contributed by atoms with Crippen LogP contribution in [0.3, 0.4) is 0 Å². The number of morpholine rings is 1. The summed E-state index contributed by atoms with van der Waals surface area (Å²) in [5.74, 6) is 0.784. The van der Waals surface area contributed by atoms with Crippen molar-refractivity contribution in [1.29, 1.82) is 0 Å². The minimum absolute atomic E-state index is 0.111. The quantitative estimate of drug-likeness (QED) is 0.934. The molecule has 1 aromatic carbocycles. The third-order valence-corrected chi connectivity index (χ3v) is 4.14. The van der Waals surface area contributed by atoms with Crippen LogP contribution in [0.15, 0.2) is 40.8 Å². The van der Waals surface area contributed by atoms with Crippen molar-refractivity contribution in [2.24, 2.45) is 0 Å². The summed E-state index contributed by atoms with van der Waals surface area (Å²) < 4.78 is 24.4. The molecule has 128 valence electrons. The van der Waals surface area contributed by atoms with Crippen molar-refractivity contribution >= 4 is 5.91 Å². The molecule has 3 rings (SSSR count). The van der Waals surface area contributed by atoms with Crippen LogP contribution in [0.5, 0.6) is 0 Å². The highest BCUT2D eigenvalue weighted by atomic mass is 19.1. The molecule has 0 spiro atoms. The molecule has 1 amide bonds. The number of benzene rings is 1. The Hall–Kier alpha value is -2.18. The van der Waals surface area contributed by atoms with Gasteiger partial charge in [-0.25, -0.2) is 4.39 Å². The van der Waals surface area contributed by atoms with Crippen molar-refractivity contribution in [1.82, 2.24) is 4.90 Å². The van der Waals surface area contributed by atoms with Crippen LogP contribution in [0.2, 0.25) is 0 Å². The number of rotatable bonds is 4. The average molecular weight is 333 g/mol. The average Bonchev–Trinajstić information content (AvgIpc) is 3.01. The summed E-state index contributed by atoms with van der Waals surface area (Å²) in [4.78, 5) is 14.3. The third kappa shape index (κ3) is 3.66. The van der Waals surface area contributed by atoms with E-state index in [0.29, 0.717) is 31.1 Å². The van der Waals surface area contributed by atoms with Gasteiger partial charge in [-0.15, -0.1) is 0 Å². The lowest BCUT2D eigenvalue weighted by Crippen LogP contribution is -2.43. The summed E-state index contributed by atoms with van der Waals surface area (Å²) >= 11 is 0. The molecule has 2 heterocycles. The molecule has 1 N–H and O–H groups in total. The highest BCUT2D eigenvalue weighted by Crippen LogP contribution is 2.28. The van der Waals surface area contributed by atoms with Crippen LogP contribution in [0, 0.1) is 12.7 Å². The summed E-state index contributed by atoms with van der Waals surface area (Å²) in [7, 11) is 0. The van der Waals surface area contributed by atoms with E-state index in [1.54, 1.807) is 11.0 Å². The van der Waals surface area contributed by atoms with Crippen molar-refractivity contribution in [2.45, 2.75) is 25.5 Å². The number of furan rings is 1. The highest BCUT2D eigenvalue weighted by molar-refractivity contribution is 5.77. The molecule has 0 aliphatic carbocycles. The number of hydrogen-bond donors (Lipinski definition) is 1. The molecule has 1 fully saturated rings. The van der Waals surface area contributed by atoms with Crippen LogP contribution in [0.1, 0.15) is 35.7 Å². The molecule has 0 saturated carbocycles. The van der Waals surface area contributed by atoms with Gasteiger partial charge in [0.2, 0.25) is 5.91 Å². The molecule has 0 radical (unpaired) electrons. The summed E-state index contributed by atoms with van der Waals surface area (Å²) in [5, 5.41) is 10.2. The molecule has 5 nitrogen and oxygen atoms in total. The topological polar surface area (TPSA) is 62.9 Å². The lowest BCUT2D eigenvalue weighted by atomic mass is 10.0. The first-order valence-electron chi connectivity index (χ1n) is 7.91. The minimum Gasteiger partial charge on any atom is -0.464 e. The Morgan fingerprint density at radius 3 is 2.96 bits per heavy atom. The van der Waals surface area contributed by atoms with Gasteiger partial charge in [0.05, 0.1) is 25.7 Å². The summed E-state index contributed by atoms with van der Waals surface area (Å²) in [6.45, 7) is 3.07. The number of carbonyl (C=O) groups excluding carboxylic acids is 1. The van der Waals surface area contributed by atoms with Crippen molar-refractivity contribution in [3.8, 4) is 0 Å². The van der Waals surface area contributed by atoms with Crippen LogP contribution < -0.4 is 0 Å². The minimum atomic E-state index is -1.05. The van der Waals surface area contributed by atoms with E-state index in [0.717, 1.165) is 5.76 Å². The number of aliphatic hydroxyl groups excluding tert-OH is 1. The zero-order chi connectivity index (χ0) is 17.1. The Morgan fingerprint density at radius 2 is 2.25 bits per heavy atom. The molecule has 1 aliphatic rings. The number of amides is 1. The van der Waals surface area contributed by atoms with Gasteiger partial charge in [-0.2, -0.15) is 0 Å². The van der Waals surface area contributed by atoms with E-state index >= 15 is 0 Å². The molecule has 1 saturated heterocycles. The summed E-state index contributed by atoms with van der Waals surface area (Å²) in [5.41, 5.74) is 0.391. The predicted molar refractivity (Wildman–Crippen MR) is 84.7 cm³/mol. The third-order valence-electron chi connectivity index (χ3n) is 4.14. The molecule has 1 aliphatic heterocycles. The van der Waals surface area contributed by atoms with Crippen LogP contribution in [-0.2, 0) is 9.53 Å². The zero-order valence-corrected chi connectivity index (χ0v) is 13.4.